The fraction of sp³-hybridized carbons (Fsp3) is 0.500. The van der Waals surface area contributed by atoms with Gasteiger partial charge < -0.3 is 25.4 Å². The first-order valence-corrected chi connectivity index (χ1v) is 15.5. The molecule has 0 radical (unpaired) electrons. The molecule has 2 aromatic carbocycles. The first-order valence-electron chi connectivity index (χ1n) is 14.7. The normalized spacial score (nSPS) is 33.2. The van der Waals surface area contributed by atoms with Crippen molar-refractivity contribution in [2.45, 2.75) is 75.5 Å². The summed E-state index contributed by atoms with van der Waals surface area (Å²) in [5.41, 5.74) is -3.97. The lowest BCUT2D eigenvalue weighted by molar-refractivity contribution is -0.189. The van der Waals surface area contributed by atoms with Crippen LogP contribution >= 0.6 is 11.8 Å². The zero-order valence-corrected chi connectivity index (χ0v) is 25.3. The zero-order valence-electron chi connectivity index (χ0n) is 24.4. The number of Topliss-reactive ketones (excluding diaryl/α,β-unsaturated/α-hetero) is 1. The Labute approximate surface area is 260 Å². The molecular formula is C32H32F3NO8S. The van der Waals surface area contributed by atoms with E-state index in [-0.39, 0.29) is 48.5 Å². The van der Waals surface area contributed by atoms with E-state index < -0.39 is 73.2 Å². The van der Waals surface area contributed by atoms with Crippen LogP contribution in [0.25, 0.3) is 0 Å². The summed E-state index contributed by atoms with van der Waals surface area (Å²) in [5.74, 6) is -3.75. The number of phenols is 2. The van der Waals surface area contributed by atoms with Crippen molar-refractivity contribution >= 4 is 40.2 Å². The van der Waals surface area contributed by atoms with Gasteiger partial charge in [-0.25, -0.2) is 4.79 Å². The van der Waals surface area contributed by atoms with E-state index in [9.17, 15) is 47.7 Å². The van der Waals surface area contributed by atoms with E-state index in [1.165, 1.54) is 12.1 Å². The van der Waals surface area contributed by atoms with Gasteiger partial charge in [-0.1, -0.05) is 30.8 Å². The number of benzene rings is 2. The summed E-state index contributed by atoms with van der Waals surface area (Å²) in [7, 11) is 0. The number of carbonyl (C=O) groups is 4. The van der Waals surface area contributed by atoms with E-state index in [1.807, 2.05) is 6.92 Å². The van der Waals surface area contributed by atoms with Crippen LogP contribution in [-0.4, -0.2) is 55.0 Å². The number of alkyl halides is 3. The van der Waals surface area contributed by atoms with Gasteiger partial charge in [0, 0.05) is 35.0 Å². The maximum Gasteiger partial charge on any atom is 0.416 e. The number of anilines is 1. The Morgan fingerprint density at radius 1 is 1.13 bits per heavy atom. The summed E-state index contributed by atoms with van der Waals surface area (Å²) in [6.45, 7) is 3.83. The average Bonchev–Trinajstić information content (AvgIpc) is 3.33. The standard InChI is InChI=1S/C32H32F3NO8S/c1-29(9-8-23(39)36-24-19(37)7-6-18(25(24)40)27(41)42)21(38)12-22(31-13-17-11-20(26(29)31)44-30(17,2)14-31)45-28(43)15-4-3-5-16(10-15)32(33,34)35/h3-7,10,17,20,22,26,37,40H,8-9,11-14H2,1-2H3,(H,36,39)(H,41,42)/t17-,20-,22-,26-,29+,30-,31-/m0/s1. The third kappa shape index (κ3) is 4.98. The quantitative estimate of drug-likeness (QED) is 0.264. The number of carboxylic acids is 1. The number of carbonyl (C=O) groups excluding carboxylic acids is 3. The molecule has 1 amide bonds. The molecule has 2 saturated heterocycles. The SMILES string of the molecule is C[C@]12C[C@]34C[C@@H]1C[C@H](O2)[C@H]3[C@](C)(CCC(=O)Nc1c(O)ccc(C(=O)O)c1O)C(=O)C[C@@H]4SC(=O)c1cccc(C(F)(F)F)c1. The molecule has 4 N–H and O–H groups in total. The molecule has 5 fully saturated rings. The van der Waals surface area contributed by atoms with Gasteiger partial charge in [0.05, 0.1) is 17.3 Å². The number of carboxylic acid groups (broad SMARTS) is 1. The number of hydrogen-bond donors (Lipinski definition) is 4. The van der Waals surface area contributed by atoms with Gasteiger partial charge in [-0.2, -0.15) is 13.2 Å². The second-order valence-electron chi connectivity index (χ2n) is 13.2. The van der Waals surface area contributed by atoms with E-state index in [2.05, 4.69) is 5.32 Å². The molecule has 9 nitrogen and oxygen atoms in total. The Bertz CT molecular complexity index is 1630. The van der Waals surface area contributed by atoms with Gasteiger partial charge in [-0.05, 0) is 68.2 Å². The number of aromatic carboxylic acids is 1. The summed E-state index contributed by atoms with van der Waals surface area (Å²) >= 11 is 0.922. The fourth-order valence-electron chi connectivity index (χ4n) is 8.69. The van der Waals surface area contributed by atoms with Crippen molar-refractivity contribution in [1.82, 2.24) is 0 Å². The Balaban J connectivity index is 1.25. The van der Waals surface area contributed by atoms with Gasteiger partial charge in [0.1, 0.15) is 22.8 Å². The van der Waals surface area contributed by atoms with Crippen LogP contribution in [-0.2, 0) is 20.5 Å². The minimum atomic E-state index is -4.61. The molecule has 3 aliphatic carbocycles. The Morgan fingerprint density at radius 2 is 1.87 bits per heavy atom. The molecule has 7 atom stereocenters. The number of rotatable bonds is 7. The monoisotopic (exact) mass is 647 g/mol. The van der Waals surface area contributed by atoms with Gasteiger partial charge in [-0.3, -0.25) is 14.4 Å². The van der Waals surface area contributed by atoms with E-state index in [0.29, 0.717) is 12.8 Å². The van der Waals surface area contributed by atoms with Crippen molar-refractivity contribution in [3.8, 4) is 11.5 Å². The molecule has 5 aliphatic rings. The molecule has 0 aromatic heterocycles. The molecule has 7 rings (SSSR count). The second kappa shape index (κ2) is 10.5. The van der Waals surface area contributed by atoms with Gasteiger partial charge in [0.25, 0.3) is 0 Å². The molecule has 240 valence electrons. The predicted octanol–water partition coefficient (Wildman–Crippen LogP) is 6.03. The van der Waals surface area contributed by atoms with Gasteiger partial charge in [-0.15, -0.1) is 0 Å². The highest BCUT2D eigenvalue weighted by molar-refractivity contribution is 8.14. The van der Waals surface area contributed by atoms with Crippen LogP contribution in [0.4, 0.5) is 18.9 Å². The summed E-state index contributed by atoms with van der Waals surface area (Å²) in [6.07, 6.45) is -3.01. The number of amides is 1. The molecule has 4 bridgehead atoms. The topological polar surface area (TPSA) is 150 Å². The molecule has 2 aromatic rings. The maximum absolute atomic E-state index is 14.0. The number of halogens is 3. The van der Waals surface area contributed by atoms with Crippen LogP contribution in [0.3, 0.4) is 0 Å². The number of ketones is 1. The molecule has 45 heavy (non-hydrogen) atoms. The molecule has 1 spiro atoms. The third-order valence-corrected chi connectivity index (χ3v) is 12.0. The predicted molar refractivity (Wildman–Crippen MR) is 156 cm³/mol. The highest BCUT2D eigenvalue weighted by atomic mass is 32.2. The van der Waals surface area contributed by atoms with E-state index >= 15 is 0 Å². The molecule has 2 aliphatic heterocycles. The largest absolute Gasteiger partial charge is 0.506 e. The fourth-order valence-corrected chi connectivity index (χ4v) is 10.0. The van der Waals surface area contributed by atoms with Crippen LogP contribution < -0.4 is 5.32 Å². The van der Waals surface area contributed by atoms with Gasteiger partial charge in [0.15, 0.2) is 5.75 Å². The Hall–Kier alpha value is -3.58. The summed E-state index contributed by atoms with van der Waals surface area (Å²) in [5, 5.41) is 31.1. The van der Waals surface area contributed by atoms with Crippen molar-refractivity contribution in [2.24, 2.45) is 22.7 Å². The van der Waals surface area contributed by atoms with Gasteiger partial charge >= 0.3 is 12.1 Å². The Kier molecular flexibility index (Phi) is 7.31. The Morgan fingerprint density at radius 3 is 2.53 bits per heavy atom. The van der Waals surface area contributed by atoms with Crippen molar-refractivity contribution in [3.05, 3.63) is 53.1 Å². The molecule has 2 heterocycles. The second-order valence-corrected chi connectivity index (χ2v) is 14.4. The minimum absolute atomic E-state index is 0.00173. The van der Waals surface area contributed by atoms with Gasteiger partial charge in [0.2, 0.25) is 11.0 Å². The average molecular weight is 648 g/mol. The summed E-state index contributed by atoms with van der Waals surface area (Å²) in [6, 6.07) is 6.31. The summed E-state index contributed by atoms with van der Waals surface area (Å²) < 4.78 is 46.6. The van der Waals surface area contributed by atoms with E-state index in [0.717, 1.165) is 42.4 Å². The first kappa shape index (κ1) is 31.4. The highest BCUT2D eigenvalue weighted by Crippen LogP contribution is 2.74. The number of thioether (sulfide) groups is 1. The summed E-state index contributed by atoms with van der Waals surface area (Å²) in [4.78, 5) is 51.9. The smallest absolute Gasteiger partial charge is 0.416 e. The van der Waals surface area contributed by atoms with Crippen molar-refractivity contribution in [2.75, 3.05) is 5.32 Å². The minimum Gasteiger partial charge on any atom is -0.506 e. The molecule has 3 saturated carbocycles. The van der Waals surface area contributed by atoms with Crippen molar-refractivity contribution in [1.29, 1.82) is 0 Å². The lowest BCUT2D eigenvalue weighted by Gasteiger charge is -2.60. The van der Waals surface area contributed by atoms with Crippen molar-refractivity contribution < 1.29 is 52.4 Å². The number of ether oxygens (including phenoxy) is 1. The van der Waals surface area contributed by atoms with Crippen molar-refractivity contribution in [3.63, 3.8) is 0 Å². The van der Waals surface area contributed by atoms with Crippen LogP contribution in [0.1, 0.15) is 78.7 Å². The lowest BCUT2D eigenvalue weighted by atomic mass is 9.48. The lowest BCUT2D eigenvalue weighted by Crippen LogP contribution is -2.63. The number of aromatic hydroxyl groups is 2. The zero-order chi connectivity index (χ0) is 32.7. The molecular weight excluding hydrogens is 615 g/mol. The molecule has 13 heteroatoms. The maximum atomic E-state index is 14.0. The highest BCUT2D eigenvalue weighted by Gasteiger charge is 2.75. The molecule has 0 unspecified atom stereocenters. The van der Waals surface area contributed by atoms with E-state index in [4.69, 9.17) is 4.74 Å². The van der Waals surface area contributed by atoms with Crippen LogP contribution in [0.2, 0.25) is 0 Å². The first-order chi connectivity index (χ1) is 21.0. The van der Waals surface area contributed by atoms with Crippen LogP contribution in [0.5, 0.6) is 11.5 Å². The number of phenolic OH excluding ortho intramolecular Hbond substituents is 1. The number of nitrogens with one attached hydrogen (secondary N) is 1. The third-order valence-electron chi connectivity index (χ3n) is 10.6. The van der Waals surface area contributed by atoms with Crippen LogP contribution in [0, 0.1) is 22.7 Å². The van der Waals surface area contributed by atoms with Crippen LogP contribution in [0.15, 0.2) is 36.4 Å². The number of hydrogen-bond acceptors (Lipinski definition) is 8. The van der Waals surface area contributed by atoms with E-state index in [1.54, 1.807) is 6.92 Å².